The van der Waals surface area contributed by atoms with Gasteiger partial charge >= 0.3 is 0 Å². The van der Waals surface area contributed by atoms with Crippen LogP contribution in [0.15, 0.2) is 29.3 Å². The Morgan fingerprint density at radius 3 is 2.71 bits per heavy atom. The highest BCUT2D eigenvalue weighted by Gasteiger charge is 2.35. The molecule has 0 radical (unpaired) electrons. The minimum atomic E-state index is 0.718. The molecule has 0 amide bonds. The average molecular weight is 248 g/mol. The van der Waals surface area contributed by atoms with Gasteiger partial charge < -0.3 is 10.1 Å². The molecule has 90 valence electrons. The van der Waals surface area contributed by atoms with Gasteiger partial charge in [-0.05, 0) is 43.0 Å². The van der Waals surface area contributed by atoms with Crippen LogP contribution >= 0.6 is 11.8 Å². The molecule has 0 bridgehead atoms. The second kappa shape index (κ2) is 4.61. The number of ether oxygens (including phenoxy) is 1. The number of nitrogens with zero attached hydrogens (tertiary/aromatic N) is 1. The van der Waals surface area contributed by atoms with Crippen LogP contribution in [0.1, 0.15) is 12.8 Å². The Hall–Kier alpha value is -1.16. The standard InChI is InChI=1S/C13H16N2OS/c1-16-11-6-4-10(5-7-11)15-13-14-8-12(17-13)9-2-3-9/h4-7,9,12H,2-3,8H2,1H3,(H,14,15). The van der Waals surface area contributed by atoms with Crippen molar-refractivity contribution in [3.63, 3.8) is 0 Å². The third kappa shape index (κ3) is 2.57. The van der Waals surface area contributed by atoms with Gasteiger partial charge in [-0.25, -0.2) is 0 Å². The molecule has 0 saturated heterocycles. The van der Waals surface area contributed by atoms with Crippen molar-refractivity contribution in [2.45, 2.75) is 18.1 Å². The summed E-state index contributed by atoms with van der Waals surface area (Å²) in [7, 11) is 1.68. The molecule has 4 heteroatoms. The molecule has 1 aliphatic heterocycles. The fraction of sp³-hybridized carbons (Fsp3) is 0.462. The van der Waals surface area contributed by atoms with Crippen LogP contribution in [0.25, 0.3) is 0 Å². The highest BCUT2D eigenvalue weighted by Crippen LogP contribution is 2.41. The van der Waals surface area contributed by atoms with Gasteiger partial charge in [-0.1, -0.05) is 11.8 Å². The topological polar surface area (TPSA) is 33.6 Å². The molecule has 1 aromatic rings. The lowest BCUT2D eigenvalue weighted by molar-refractivity contribution is 0.415. The maximum atomic E-state index is 5.13. The minimum Gasteiger partial charge on any atom is -0.497 e. The van der Waals surface area contributed by atoms with E-state index in [1.54, 1.807) is 7.11 Å². The summed E-state index contributed by atoms with van der Waals surface area (Å²) in [6.07, 6.45) is 2.78. The number of nitrogens with one attached hydrogen (secondary N) is 1. The van der Waals surface area contributed by atoms with E-state index in [9.17, 15) is 0 Å². The summed E-state index contributed by atoms with van der Waals surface area (Å²) in [5, 5.41) is 5.14. The first-order valence-electron chi connectivity index (χ1n) is 5.97. The van der Waals surface area contributed by atoms with Gasteiger partial charge in [0.15, 0.2) is 5.17 Å². The van der Waals surface area contributed by atoms with Crippen molar-refractivity contribution in [3.05, 3.63) is 24.3 Å². The van der Waals surface area contributed by atoms with Crippen molar-refractivity contribution in [1.29, 1.82) is 0 Å². The van der Waals surface area contributed by atoms with Gasteiger partial charge in [-0.3, -0.25) is 4.99 Å². The number of rotatable bonds is 3. The van der Waals surface area contributed by atoms with Crippen LogP contribution in [0.3, 0.4) is 0 Å². The lowest BCUT2D eigenvalue weighted by Gasteiger charge is -2.08. The van der Waals surface area contributed by atoms with Crippen LogP contribution in [0.4, 0.5) is 5.69 Å². The van der Waals surface area contributed by atoms with Crippen LogP contribution in [-0.2, 0) is 0 Å². The first kappa shape index (κ1) is 11.0. The number of benzene rings is 1. The van der Waals surface area contributed by atoms with Crippen molar-refractivity contribution < 1.29 is 4.74 Å². The summed E-state index contributed by atoms with van der Waals surface area (Å²) in [5.41, 5.74) is 1.08. The number of hydrogen-bond donors (Lipinski definition) is 1. The van der Waals surface area contributed by atoms with E-state index in [-0.39, 0.29) is 0 Å². The summed E-state index contributed by atoms with van der Waals surface area (Å²) in [4.78, 5) is 4.55. The van der Waals surface area contributed by atoms with Crippen LogP contribution in [0.5, 0.6) is 5.75 Å². The fourth-order valence-corrected chi connectivity index (χ4v) is 3.20. The normalized spacial score (nSPS) is 23.4. The molecular weight excluding hydrogens is 232 g/mol. The van der Waals surface area contributed by atoms with Crippen LogP contribution in [0, 0.1) is 5.92 Å². The van der Waals surface area contributed by atoms with Crippen molar-refractivity contribution in [2.24, 2.45) is 10.9 Å². The molecule has 0 spiro atoms. The zero-order valence-electron chi connectivity index (χ0n) is 9.85. The number of anilines is 1. The van der Waals surface area contributed by atoms with Gasteiger partial charge in [0.1, 0.15) is 5.75 Å². The molecule has 1 saturated carbocycles. The van der Waals surface area contributed by atoms with Crippen molar-refractivity contribution in [3.8, 4) is 5.75 Å². The molecule has 3 nitrogen and oxygen atoms in total. The molecule has 1 heterocycles. The molecule has 2 aliphatic rings. The van der Waals surface area contributed by atoms with Gasteiger partial charge in [0.05, 0.1) is 13.7 Å². The Bertz CT molecular complexity index is 426. The predicted octanol–water partition coefficient (Wildman–Crippen LogP) is 2.99. The monoisotopic (exact) mass is 248 g/mol. The quantitative estimate of drug-likeness (QED) is 0.892. The van der Waals surface area contributed by atoms with E-state index in [4.69, 9.17) is 4.74 Å². The fourth-order valence-electron chi connectivity index (χ4n) is 1.97. The van der Waals surface area contributed by atoms with Gasteiger partial charge in [-0.15, -0.1) is 0 Å². The van der Waals surface area contributed by atoms with E-state index in [1.807, 2.05) is 36.0 Å². The highest BCUT2D eigenvalue weighted by molar-refractivity contribution is 8.15. The smallest absolute Gasteiger partial charge is 0.161 e. The molecule has 17 heavy (non-hydrogen) atoms. The second-order valence-corrected chi connectivity index (χ2v) is 5.72. The Balaban J connectivity index is 1.59. The molecule has 1 unspecified atom stereocenters. The third-order valence-corrected chi connectivity index (χ3v) is 4.46. The molecule has 1 aromatic carbocycles. The maximum absolute atomic E-state index is 5.13. The van der Waals surface area contributed by atoms with E-state index >= 15 is 0 Å². The first-order chi connectivity index (χ1) is 8.35. The summed E-state index contributed by atoms with van der Waals surface area (Å²) in [6, 6.07) is 7.96. The Morgan fingerprint density at radius 1 is 1.29 bits per heavy atom. The highest BCUT2D eigenvalue weighted by atomic mass is 32.2. The number of methoxy groups -OCH3 is 1. The maximum Gasteiger partial charge on any atom is 0.161 e. The van der Waals surface area contributed by atoms with E-state index in [0.29, 0.717) is 0 Å². The lowest BCUT2D eigenvalue weighted by atomic mass is 10.3. The lowest BCUT2D eigenvalue weighted by Crippen LogP contribution is -2.08. The molecule has 3 rings (SSSR count). The van der Waals surface area contributed by atoms with Gasteiger partial charge in [0.25, 0.3) is 0 Å². The van der Waals surface area contributed by atoms with Gasteiger partial charge in [0, 0.05) is 10.9 Å². The van der Waals surface area contributed by atoms with Crippen LogP contribution in [-0.4, -0.2) is 24.1 Å². The number of aliphatic imine (C=N–C) groups is 1. The van der Waals surface area contributed by atoms with Crippen molar-refractivity contribution in [2.75, 3.05) is 19.0 Å². The summed E-state index contributed by atoms with van der Waals surface area (Å²) in [6.45, 7) is 0.980. The largest absolute Gasteiger partial charge is 0.497 e. The molecule has 0 aromatic heterocycles. The summed E-state index contributed by atoms with van der Waals surface area (Å²) in [5.74, 6) is 1.80. The van der Waals surface area contributed by atoms with Crippen molar-refractivity contribution >= 4 is 22.6 Å². The SMILES string of the molecule is COc1ccc(NC2=NCC(C3CC3)S2)cc1. The Morgan fingerprint density at radius 2 is 2.06 bits per heavy atom. The third-order valence-electron chi connectivity index (χ3n) is 3.17. The predicted molar refractivity (Wildman–Crippen MR) is 73.0 cm³/mol. The van der Waals surface area contributed by atoms with E-state index < -0.39 is 0 Å². The number of amidine groups is 1. The van der Waals surface area contributed by atoms with Gasteiger partial charge in [-0.2, -0.15) is 0 Å². The molecule has 1 aliphatic carbocycles. The van der Waals surface area contributed by atoms with Crippen molar-refractivity contribution in [1.82, 2.24) is 0 Å². The Labute approximate surface area is 106 Å². The van der Waals surface area contributed by atoms with Gasteiger partial charge in [0.2, 0.25) is 0 Å². The van der Waals surface area contributed by atoms with E-state index in [0.717, 1.165) is 34.3 Å². The first-order valence-corrected chi connectivity index (χ1v) is 6.85. The zero-order valence-corrected chi connectivity index (χ0v) is 10.7. The zero-order chi connectivity index (χ0) is 11.7. The molecular formula is C13H16N2OS. The molecule has 1 N–H and O–H groups in total. The van der Waals surface area contributed by atoms with Crippen LogP contribution in [0.2, 0.25) is 0 Å². The average Bonchev–Trinajstić information content (AvgIpc) is 3.12. The number of thioether (sulfide) groups is 1. The van der Waals surface area contributed by atoms with E-state index in [2.05, 4.69) is 10.3 Å². The number of hydrogen-bond acceptors (Lipinski definition) is 4. The summed E-state index contributed by atoms with van der Waals surface area (Å²) >= 11 is 1.89. The molecule has 1 atom stereocenters. The summed E-state index contributed by atoms with van der Waals surface area (Å²) < 4.78 is 5.13. The van der Waals surface area contributed by atoms with Crippen LogP contribution < -0.4 is 10.1 Å². The Kier molecular flexibility index (Phi) is 2.97. The minimum absolute atomic E-state index is 0.718. The molecule has 1 fully saturated rings. The van der Waals surface area contributed by atoms with E-state index in [1.165, 1.54) is 12.8 Å². The second-order valence-electron chi connectivity index (χ2n) is 4.49.